The lowest BCUT2D eigenvalue weighted by atomic mass is 9.67. The first kappa shape index (κ1) is 18.0. The van der Waals surface area contributed by atoms with E-state index in [1.807, 2.05) is 0 Å². The van der Waals surface area contributed by atoms with Crippen LogP contribution in [0.3, 0.4) is 0 Å². The SMILES string of the molecule is COCCC1(CN=C(N)N2CCOC(C)C2)CCC1.I. The lowest BCUT2D eigenvalue weighted by Crippen LogP contribution is -2.48. The molecule has 1 atom stereocenters. The van der Waals surface area contributed by atoms with Crippen LogP contribution in [-0.4, -0.2) is 56.9 Å². The molecule has 6 heteroatoms. The fourth-order valence-electron chi connectivity index (χ4n) is 2.86. The Morgan fingerprint density at radius 2 is 2.25 bits per heavy atom. The second kappa shape index (κ2) is 8.38. The number of hydrogen-bond donors (Lipinski definition) is 1. The van der Waals surface area contributed by atoms with Gasteiger partial charge in [0.25, 0.3) is 0 Å². The number of nitrogens with two attached hydrogens (primary N) is 1. The second-order valence-corrected chi connectivity index (χ2v) is 5.90. The predicted octanol–water partition coefficient (Wildman–Crippen LogP) is 1.85. The van der Waals surface area contributed by atoms with Gasteiger partial charge in [0, 0.05) is 33.4 Å². The van der Waals surface area contributed by atoms with Crippen LogP contribution in [0.4, 0.5) is 0 Å². The molecule has 0 amide bonds. The summed E-state index contributed by atoms with van der Waals surface area (Å²) in [4.78, 5) is 6.77. The Kier molecular flexibility index (Phi) is 7.53. The molecule has 0 aromatic carbocycles. The first-order valence-corrected chi connectivity index (χ1v) is 7.31. The van der Waals surface area contributed by atoms with Crippen molar-refractivity contribution in [2.45, 2.75) is 38.7 Å². The third-order valence-corrected chi connectivity index (χ3v) is 4.39. The minimum absolute atomic E-state index is 0. The maximum absolute atomic E-state index is 6.11. The topological polar surface area (TPSA) is 60.1 Å². The van der Waals surface area contributed by atoms with Gasteiger partial charge >= 0.3 is 0 Å². The zero-order chi connectivity index (χ0) is 13.7. The quantitative estimate of drug-likeness (QED) is 0.437. The molecular formula is C14H28IN3O2. The van der Waals surface area contributed by atoms with Crippen molar-refractivity contribution in [3.8, 4) is 0 Å². The minimum atomic E-state index is 0. The van der Waals surface area contributed by atoms with Crippen LogP contribution >= 0.6 is 24.0 Å². The van der Waals surface area contributed by atoms with E-state index in [1.165, 1.54) is 19.3 Å². The van der Waals surface area contributed by atoms with Gasteiger partial charge in [-0.05, 0) is 31.6 Å². The van der Waals surface area contributed by atoms with Crippen LogP contribution in [0.2, 0.25) is 0 Å². The summed E-state index contributed by atoms with van der Waals surface area (Å²) in [5, 5.41) is 0. The number of hydrogen-bond acceptors (Lipinski definition) is 3. The number of aliphatic imine (C=N–C) groups is 1. The van der Waals surface area contributed by atoms with Gasteiger partial charge in [0.15, 0.2) is 5.96 Å². The van der Waals surface area contributed by atoms with E-state index < -0.39 is 0 Å². The van der Waals surface area contributed by atoms with E-state index in [9.17, 15) is 0 Å². The second-order valence-electron chi connectivity index (χ2n) is 5.90. The molecule has 0 aromatic rings. The number of rotatable bonds is 5. The smallest absolute Gasteiger partial charge is 0.191 e. The van der Waals surface area contributed by atoms with E-state index in [-0.39, 0.29) is 30.1 Å². The van der Waals surface area contributed by atoms with E-state index in [2.05, 4.69) is 16.8 Å². The van der Waals surface area contributed by atoms with Crippen molar-refractivity contribution in [2.24, 2.45) is 16.1 Å². The Hall–Kier alpha value is -0.0800. The Morgan fingerprint density at radius 1 is 1.50 bits per heavy atom. The number of guanidine groups is 1. The van der Waals surface area contributed by atoms with Crippen LogP contribution in [0.15, 0.2) is 4.99 Å². The Morgan fingerprint density at radius 3 is 2.80 bits per heavy atom. The molecule has 2 N–H and O–H groups in total. The molecule has 0 radical (unpaired) electrons. The molecule has 0 bridgehead atoms. The maximum atomic E-state index is 6.11. The van der Waals surface area contributed by atoms with Crippen molar-refractivity contribution in [2.75, 3.05) is 40.0 Å². The molecule has 2 fully saturated rings. The Bertz CT molecular complexity index is 322. The minimum Gasteiger partial charge on any atom is -0.385 e. The van der Waals surface area contributed by atoms with Crippen LogP contribution < -0.4 is 5.73 Å². The third kappa shape index (κ3) is 4.73. The van der Waals surface area contributed by atoms with Crippen molar-refractivity contribution in [3.05, 3.63) is 0 Å². The molecule has 5 nitrogen and oxygen atoms in total. The van der Waals surface area contributed by atoms with Crippen molar-refractivity contribution in [3.63, 3.8) is 0 Å². The highest BCUT2D eigenvalue weighted by Crippen LogP contribution is 2.44. The van der Waals surface area contributed by atoms with Crippen molar-refractivity contribution in [1.82, 2.24) is 4.90 Å². The summed E-state index contributed by atoms with van der Waals surface area (Å²) in [6, 6.07) is 0. The summed E-state index contributed by atoms with van der Waals surface area (Å²) in [5.41, 5.74) is 6.46. The number of methoxy groups -OCH3 is 1. The van der Waals surface area contributed by atoms with Gasteiger partial charge in [0.2, 0.25) is 0 Å². The van der Waals surface area contributed by atoms with Crippen LogP contribution in [0.5, 0.6) is 0 Å². The third-order valence-electron chi connectivity index (χ3n) is 4.39. The van der Waals surface area contributed by atoms with Crippen molar-refractivity contribution < 1.29 is 9.47 Å². The van der Waals surface area contributed by atoms with Crippen LogP contribution in [0, 0.1) is 5.41 Å². The molecule has 1 unspecified atom stereocenters. The zero-order valence-corrected chi connectivity index (χ0v) is 15.0. The molecule has 1 aliphatic heterocycles. The summed E-state index contributed by atoms with van der Waals surface area (Å²) in [6.45, 7) is 6.18. The molecule has 118 valence electrons. The first-order chi connectivity index (χ1) is 9.15. The molecule has 1 saturated carbocycles. The van der Waals surface area contributed by atoms with Gasteiger partial charge in [-0.1, -0.05) is 6.42 Å². The Labute approximate surface area is 139 Å². The highest BCUT2D eigenvalue weighted by molar-refractivity contribution is 14.0. The fourth-order valence-corrected chi connectivity index (χ4v) is 2.86. The van der Waals surface area contributed by atoms with E-state index in [4.69, 9.17) is 15.2 Å². The highest BCUT2D eigenvalue weighted by Gasteiger charge is 2.36. The van der Waals surface area contributed by atoms with Crippen LogP contribution in [-0.2, 0) is 9.47 Å². The predicted molar refractivity (Wildman–Crippen MR) is 91.7 cm³/mol. The van der Waals surface area contributed by atoms with Gasteiger partial charge < -0.3 is 20.1 Å². The lowest BCUT2D eigenvalue weighted by molar-refractivity contribution is 0.00505. The molecule has 1 heterocycles. The van der Waals surface area contributed by atoms with Crippen LogP contribution in [0.25, 0.3) is 0 Å². The lowest BCUT2D eigenvalue weighted by Gasteiger charge is -2.41. The summed E-state index contributed by atoms with van der Waals surface area (Å²) < 4.78 is 10.7. The fraction of sp³-hybridized carbons (Fsp3) is 0.929. The molecule has 0 spiro atoms. The summed E-state index contributed by atoms with van der Waals surface area (Å²) in [5.74, 6) is 0.679. The van der Waals surface area contributed by atoms with Gasteiger partial charge in [0.05, 0.1) is 12.7 Å². The van der Waals surface area contributed by atoms with E-state index in [0.29, 0.717) is 11.4 Å². The monoisotopic (exact) mass is 397 g/mol. The largest absolute Gasteiger partial charge is 0.385 e. The zero-order valence-electron chi connectivity index (χ0n) is 12.6. The first-order valence-electron chi connectivity index (χ1n) is 7.31. The number of ether oxygens (including phenoxy) is 2. The molecule has 2 aliphatic rings. The Balaban J connectivity index is 0.00000200. The molecular weight excluding hydrogens is 369 g/mol. The van der Waals surface area contributed by atoms with Gasteiger partial charge in [-0.3, -0.25) is 4.99 Å². The maximum Gasteiger partial charge on any atom is 0.191 e. The van der Waals surface area contributed by atoms with Gasteiger partial charge in [-0.25, -0.2) is 0 Å². The molecule has 2 rings (SSSR count). The molecule has 1 aliphatic carbocycles. The summed E-state index contributed by atoms with van der Waals surface area (Å²) in [6.07, 6.45) is 5.17. The standard InChI is InChI=1S/C14H27N3O2.HI/c1-12-10-17(7-9-19-12)13(15)16-11-14(4-3-5-14)6-8-18-2;/h12H,3-11H2,1-2H3,(H2,15,16);1H. The number of nitrogens with zero attached hydrogens (tertiary/aromatic N) is 2. The average molecular weight is 397 g/mol. The van der Waals surface area contributed by atoms with Crippen molar-refractivity contribution in [1.29, 1.82) is 0 Å². The van der Waals surface area contributed by atoms with Crippen molar-refractivity contribution >= 4 is 29.9 Å². The van der Waals surface area contributed by atoms with E-state index in [1.54, 1.807) is 7.11 Å². The van der Waals surface area contributed by atoms with E-state index >= 15 is 0 Å². The van der Waals surface area contributed by atoms with Gasteiger partial charge in [-0.2, -0.15) is 0 Å². The average Bonchev–Trinajstić information content (AvgIpc) is 2.37. The molecule has 20 heavy (non-hydrogen) atoms. The summed E-state index contributed by atoms with van der Waals surface area (Å²) in [7, 11) is 1.76. The summed E-state index contributed by atoms with van der Waals surface area (Å²) >= 11 is 0. The number of morpholine rings is 1. The van der Waals surface area contributed by atoms with Gasteiger partial charge in [0.1, 0.15) is 0 Å². The number of halogens is 1. The molecule has 0 aromatic heterocycles. The van der Waals surface area contributed by atoms with Gasteiger partial charge in [-0.15, -0.1) is 24.0 Å². The normalized spacial score (nSPS) is 25.8. The van der Waals surface area contributed by atoms with E-state index in [0.717, 1.165) is 39.3 Å². The van der Waals surface area contributed by atoms with Crippen LogP contribution in [0.1, 0.15) is 32.6 Å². The highest BCUT2D eigenvalue weighted by atomic mass is 127. The molecule has 1 saturated heterocycles.